The lowest BCUT2D eigenvalue weighted by Gasteiger charge is -2.22. The highest BCUT2D eigenvalue weighted by molar-refractivity contribution is 7.99. The van der Waals surface area contributed by atoms with E-state index in [1.165, 1.54) is 11.8 Å². The van der Waals surface area contributed by atoms with Crippen molar-refractivity contribution in [1.82, 2.24) is 25.6 Å². The molecule has 1 N–H and O–H groups in total. The van der Waals surface area contributed by atoms with Crippen LogP contribution in [0.25, 0.3) is 0 Å². The molecule has 2 aliphatic rings. The van der Waals surface area contributed by atoms with Crippen LogP contribution in [0.2, 0.25) is 0 Å². The van der Waals surface area contributed by atoms with Crippen LogP contribution in [0.5, 0.6) is 0 Å². The Morgan fingerprint density at radius 3 is 2.67 bits per heavy atom. The first kappa shape index (κ1) is 21.3. The molecule has 1 saturated heterocycles. The monoisotopic (exact) mass is 462 g/mol. The maximum absolute atomic E-state index is 12.8. The summed E-state index contributed by atoms with van der Waals surface area (Å²) in [5.41, 5.74) is 5.46. The van der Waals surface area contributed by atoms with E-state index in [4.69, 9.17) is 0 Å². The number of tetrazole rings is 1. The molecule has 1 fully saturated rings. The summed E-state index contributed by atoms with van der Waals surface area (Å²) in [5, 5.41) is 14.3. The highest BCUT2D eigenvalue weighted by Gasteiger charge is 2.44. The van der Waals surface area contributed by atoms with Gasteiger partial charge >= 0.3 is 0 Å². The van der Waals surface area contributed by atoms with Crippen LogP contribution in [-0.4, -0.2) is 50.0 Å². The summed E-state index contributed by atoms with van der Waals surface area (Å²) in [5.74, 6) is -1.13. The van der Waals surface area contributed by atoms with Gasteiger partial charge in [0, 0.05) is 11.3 Å². The number of amides is 1. The van der Waals surface area contributed by atoms with E-state index in [1.54, 1.807) is 16.8 Å². The normalized spacial score (nSPS) is 22.1. The number of ketones is 2. The van der Waals surface area contributed by atoms with E-state index in [9.17, 15) is 14.4 Å². The van der Waals surface area contributed by atoms with Crippen molar-refractivity contribution in [3.8, 4) is 0 Å². The predicted octanol–water partition coefficient (Wildman–Crippen LogP) is 2.18. The van der Waals surface area contributed by atoms with Crippen LogP contribution in [0, 0.1) is 12.3 Å². The lowest BCUT2D eigenvalue weighted by Crippen LogP contribution is -2.35. The molecular formula is C23H22N6O3S. The van der Waals surface area contributed by atoms with E-state index in [2.05, 4.69) is 21.0 Å². The second kappa shape index (κ2) is 8.11. The van der Waals surface area contributed by atoms with Gasteiger partial charge in [-0.2, -0.15) is 0 Å². The van der Waals surface area contributed by atoms with Crippen molar-refractivity contribution in [3.63, 3.8) is 0 Å². The Hall–Kier alpha value is -3.53. The smallest absolute Gasteiger partial charge is 0.248 e. The third-order valence-electron chi connectivity index (χ3n) is 6.14. The topological polar surface area (TPSA) is 110 Å². The number of aryl methyl sites for hydroxylation is 1. The van der Waals surface area contributed by atoms with Crippen LogP contribution in [0.15, 0.2) is 53.7 Å². The lowest BCUT2D eigenvalue weighted by molar-refractivity contribution is -0.127. The molecule has 0 spiro atoms. The van der Waals surface area contributed by atoms with Crippen molar-refractivity contribution in [2.45, 2.75) is 31.5 Å². The molecule has 5 rings (SSSR count). The standard InChI is InChI=1S/C23H22N6O3S/c1-14-7-9-15(10-8-14)28-12-23(2,21(32)25-28)13-29-22(24-26-27-29)33-11-18-16-5-3-4-6-17(16)19(30)20(18)31/h3-10,18H,11-13H2,1-2H3,(H,25,32). The average molecular weight is 463 g/mol. The second-order valence-corrected chi connectivity index (χ2v) is 9.67. The number of rotatable bonds is 6. The number of nitrogens with zero attached hydrogens (tertiary/aromatic N) is 5. The molecular weight excluding hydrogens is 440 g/mol. The molecule has 1 amide bonds. The first-order valence-corrected chi connectivity index (χ1v) is 11.6. The van der Waals surface area contributed by atoms with Crippen molar-refractivity contribution in [3.05, 3.63) is 65.2 Å². The Morgan fingerprint density at radius 1 is 1.12 bits per heavy atom. The molecule has 2 unspecified atom stereocenters. The van der Waals surface area contributed by atoms with Gasteiger partial charge in [0.05, 0.1) is 30.1 Å². The molecule has 1 aliphatic heterocycles. The number of aromatic nitrogens is 4. The number of hydrazine groups is 1. The number of benzene rings is 2. The van der Waals surface area contributed by atoms with Gasteiger partial charge in [0.1, 0.15) is 0 Å². The number of Topliss-reactive ketones (excluding diaryl/α,β-unsaturated/α-hetero) is 2. The molecule has 0 radical (unpaired) electrons. The van der Waals surface area contributed by atoms with Crippen LogP contribution in [0.1, 0.15) is 34.3 Å². The van der Waals surface area contributed by atoms with Crippen molar-refractivity contribution in [2.24, 2.45) is 5.41 Å². The highest BCUT2D eigenvalue weighted by Crippen LogP contribution is 2.35. The first-order valence-electron chi connectivity index (χ1n) is 10.6. The summed E-state index contributed by atoms with van der Waals surface area (Å²) in [4.78, 5) is 37.6. The number of thioether (sulfide) groups is 1. The van der Waals surface area contributed by atoms with Crippen LogP contribution < -0.4 is 10.4 Å². The minimum absolute atomic E-state index is 0.111. The summed E-state index contributed by atoms with van der Waals surface area (Å²) in [6.45, 7) is 4.63. The molecule has 9 nitrogen and oxygen atoms in total. The fraction of sp³-hybridized carbons (Fsp3) is 0.304. The van der Waals surface area contributed by atoms with Crippen LogP contribution in [0.3, 0.4) is 0 Å². The Kier molecular flexibility index (Phi) is 5.24. The molecule has 33 heavy (non-hydrogen) atoms. The second-order valence-electron chi connectivity index (χ2n) is 8.69. The molecule has 0 saturated carbocycles. The molecule has 3 aromatic rings. The minimum atomic E-state index is -0.749. The van der Waals surface area contributed by atoms with E-state index < -0.39 is 22.9 Å². The van der Waals surface area contributed by atoms with Gasteiger partial charge in [-0.05, 0) is 42.0 Å². The number of carbonyl (C=O) groups excluding carboxylic acids is 3. The molecule has 2 atom stereocenters. The fourth-order valence-electron chi connectivity index (χ4n) is 4.21. The third-order valence-corrected chi connectivity index (χ3v) is 7.19. The number of anilines is 1. The van der Waals surface area contributed by atoms with E-state index in [0.29, 0.717) is 23.0 Å². The average Bonchev–Trinajstić information content (AvgIpc) is 3.44. The summed E-state index contributed by atoms with van der Waals surface area (Å²) in [6, 6.07) is 15.0. The van der Waals surface area contributed by atoms with E-state index in [0.717, 1.165) is 16.8 Å². The molecule has 1 aliphatic carbocycles. The zero-order valence-corrected chi connectivity index (χ0v) is 19.0. The maximum Gasteiger partial charge on any atom is 0.248 e. The molecule has 2 aromatic carbocycles. The van der Waals surface area contributed by atoms with Gasteiger partial charge in [-0.3, -0.25) is 24.8 Å². The SMILES string of the molecule is Cc1ccc(N2CC(C)(Cn3nnnc3SCC3C(=O)C(=O)c4ccccc43)C(=O)N2)cc1. The lowest BCUT2D eigenvalue weighted by atomic mass is 9.91. The van der Waals surface area contributed by atoms with Gasteiger partial charge < -0.3 is 0 Å². The number of hydrogen-bond acceptors (Lipinski definition) is 8. The van der Waals surface area contributed by atoms with Crippen LogP contribution >= 0.6 is 11.8 Å². The first-order chi connectivity index (χ1) is 15.9. The summed E-state index contributed by atoms with van der Waals surface area (Å²) in [6.07, 6.45) is 0. The van der Waals surface area contributed by atoms with Crippen molar-refractivity contribution < 1.29 is 14.4 Å². The molecule has 168 valence electrons. The summed E-state index contributed by atoms with van der Waals surface area (Å²) >= 11 is 1.31. The Bertz CT molecular complexity index is 1260. The highest BCUT2D eigenvalue weighted by atomic mass is 32.2. The van der Waals surface area contributed by atoms with Gasteiger partial charge in [0.25, 0.3) is 0 Å². The number of carbonyl (C=O) groups is 3. The molecule has 2 heterocycles. The van der Waals surface area contributed by atoms with E-state index >= 15 is 0 Å². The largest absolute Gasteiger partial charge is 0.290 e. The van der Waals surface area contributed by atoms with Gasteiger partial charge in [-0.15, -0.1) is 5.10 Å². The van der Waals surface area contributed by atoms with Crippen molar-refractivity contribution in [2.75, 3.05) is 17.3 Å². The van der Waals surface area contributed by atoms with Crippen LogP contribution in [0.4, 0.5) is 5.69 Å². The molecule has 0 bridgehead atoms. The van der Waals surface area contributed by atoms with Gasteiger partial charge in [0.15, 0.2) is 0 Å². The Balaban J connectivity index is 1.29. The van der Waals surface area contributed by atoms with Crippen molar-refractivity contribution >= 4 is 34.9 Å². The third kappa shape index (κ3) is 3.80. The molecule has 10 heteroatoms. The number of fused-ring (bicyclic) bond motifs is 1. The summed E-state index contributed by atoms with van der Waals surface area (Å²) in [7, 11) is 0. The van der Waals surface area contributed by atoms with E-state index in [1.807, 2.05) is 55.3 Å². The zero-order chi connectivity index (χ0) is 23.2. The zero-order valence-electron chi connectivity index (χ0n) is 18.2. The minimum Gasteiger partial charge on any atom is -0.290 e. The molecule has 1 aromatic heterocycles. The number of hydrogen-bond donors (Lipinski definition) is 1. The van der Waals surface area contributed by atoms with Gasteiger partial charge in [-0.1, -0.05) is 53.7 Å². The Labute approximate surface area is 194 Å². The predicted molar refractivity (Wildman–Crippen MR) is 122 cm³/mol. The van der Waals surface area contributed by atoms with Gasteiger partial charge in [0.2, 0.25) is 22.6 Å². The summed E-state index contributed by atoms with van der Waals surface area (Å²) < 4.78 is 1.59. The van der Waals surface area contributed by atoms with Crippen molar-refractivity contribution in [1.29, 1.82) is 0 Å². The Morgan fingerprint density at radius 2 is 1.88 bits per heavy atom. The van der Waals surface area contributed by atoms with E-state index in [-0.39, 0.29) is 12.5 Å². The maximum atomic E-state index is 12.8. The number of nitrogens with one attached hydrogen (secondary N) is 1. The quantitative estimate of drug-likeness (QED) is 0.438. The fourth-order valence-corrected chi connectivity index (χ4v) is 5.20. The van der Waals surface area contributed by atoms with Gasteiger partial charge in [-0.25, -0.2) is 4.68 Å². The van der Waals surface area contributed by atoms with Crippen LogP contribution in [-0.2, 0) is 16.1 Å².